The molecule has 22 heavy (non-hydrogen) atoms. The normalized spacial score (nSPS) is 10.6. The first-order valence-corrected chi connectivity index (χ1v) is 8.62. The van der Waals surface area contributed by atoms with Gasteiger partial charge in [-0.3, -0.25) is 0 Å². The first-order valence-electron chi connectivity index (χ1n) is 8.21. The Morgan fingerprint density at radius 1 is 1.14 bits per heavy atom. The maximum Gasteiger partial charge on any atom is 0.317 e. The van der Waals surface area contributed by atoms with Crippen LogP contribution >= 0.6 is 12.2 Å². The number of anilines is 1. The Bertz CT molecular complexity index is 564. The van der Waals surface area contributed by atoms with E-state index in [-0.39, 0.29) is 0 Å². The Morgan fingerprint density at radius 3 is 2.55 bits per heavy atom. The average Bonchev–Trinajstić information content (AvgIpc) is 2.94. The van der Waals surface area contributed by atoms with E-state index in [9.17, 15) is 0 Å². The zero-order chi connectivity index (χ0) is 15.8. The Hall–Kier alpha value is -1.68. The van der Waals surface area contributed by atoms with Crippen LogP contribution in [0, 0.1) is 0 Å². The Labute approximate surface area is 139 Å². The molecule has 1 aromatic carbocycles. The third-order valence-electron chi connectivity index (χ3n) is 3.71. The Morgan fingerprint density at radius 2 is 1.86 bits per heavy atom. The molecule has 2 aromatic rings. The van der Waals surface area contributed by atoms with E-state index >= 15 is 0 Å². The minimum absolute atomic E-state index is 0.795. The molecule has 2 rings (SSSR count). The summed E-state index contributed by atoms with van der Waals surface area (Å²) in [5.74, 6) is 1.11. The molecule has 1 aromatic heterocycles. The van der Waals surface area contributed by atoms with E-state index < -0.39 is 0 Å². The first kappa shape index (κ1) is 16.7. The molecular weight excluding hydrogens is 290 g/mol. The van der Waals surface area contributed by atoms with Crippen molar-refractivity contribution in [2.45, 2.75) is 52.6 Å². The van der Waals surface area contributed by atoms with Crippen LogP contribution in [0.1, 0.15) is 45.4 Å². The number of aromatic nitrogens is 2. The molecule has 0 aliphatic rings. The molecular formula is C18H26N3S+. The number of benzene rings is 1. The molecule has 0 amide bonds. The van der Waals surface area contributed by atoms with Gasteiger partial charge in [-0.25, -0.2) is 9.13 Å². The SMILES string of the molecule is CCCCn1cc[n+](CCCC)c1C(=S)Nc1ccccc1. The van der Waals surface area contributed by atoms with Crippen LogP contribution in [-0.2, 0) is 13.1 Å². The molecule has 0 spiro atoms. The summed E-state index contributed by atoms with van der Waals surface area (Å²) < 4.78 is 4.55. The summed E-state index contributed by atoms with van der Waals surface area (Å²) >= 11 is 5.68. The lowest BCUT2D eigenvalue weighted by molar-refractivity contribution is -0.697. The van der Waals surface area contributed by atoms with Crippen molar-refractivity contribution < 1.29 is 4.57 Å². The lowest BCUT2D eigenvalue weighted by Gasteiger charge is -2.08. The van der Waals surface area contributed by atoms with Crippen LogP contribution in [0.3, 0.4) is 0 Å². The number of nitrogens with zero attached hydrogens (tertiary/aromatic N) is 2. The monoisotopic (exact) mass is 316 g/mol. The third kappa shape index (κ3) is 4.41. The van der Waals surface area contributed by atoms with Crippen molar-refractivity contribution in [2.24, 2.45) is 0 Å². The van der Waals surface area contributed by atoms with Crippen LogP contribution in [0.25, 0.3) is 0 Å². The lowest BCUT2D eigenvalue weighted by Crippen LogP contribution is -2.41. The Balaban J connectivity index is 2.20. The summed E-state index contributed by atoms with van der Waals surface area (Å²) in [5.41, 5.74) is 1.04. The number of imidazole rings is 1. The molecule has 0 fully saturated rings. The van der Waals surface area contributed by atoms with Gasteiger partial charge in [0.2, 0.25) is 0 Å². The van der Waals surface area contributed by atoms with E-state index in [1.807, 2.05) is 30.3 Å². The molecule has 0 unspecified atom stereocenters. The van der Waals surface area contributed by atoms with Gasteiger partial charge in [0.15, 0.2) is 4.99 Å². The van der Waals surface area contributed by atoms with Crippen LogP contribution in [0.4, 0.5) is 5.69 Å². The number of rotatable bonds is 8. The molecule has 0 bridgehead atoms. The minimum Gasteiger partial charge on any atom is -0.340 e. The second-order valence-electron chi connectivity index (χ2n) is 5.54. The standard InChI is InChI=1S/C18H25N3S/c1-3-5-12-20-14-15-21(13-6-4-2)18(20)17(22)19-16-10-8-7-9-11-16/h7-11,14-15H,3-6,12-13H2,1-2H3/p+1. The summed E-state index contributed by atoms with van der Waals surface area (Å²) in [6.45, 7) is 6.47. The van der Waals surface area contributed by atoms with Gasteiger partial charge in [0.05, 0.1) is 13.1 Å². The number of aryl methyl sites for hydroxylation is 2. The highest BCUT2D eigenvalue weighted by Gasteiger charge is 2.21. The smallest absolute Gasteiger partial charge is 0.317 e. The molecule has 118 valence electrons. The predicted molar refractivity (Wildman–Crippen MR) is 96.2 cm³/mol. The fourth-order valence-electron chi connectivity index (χ4n) is 2.45. The number of hydrogen-bond acceptors (Lipinski definition) is 1. The molecule has 0 saturated heterocycles. The molecule has 1 heterocycles. The van der Waals surface area contributed by atoms with Crippen molar-refractivity contribution in [1.29, 1.82) is 0 Å². The molecule has 0 atom stereocenters. The topological polar surface area (TPSA) is 20.8 Å². The van der Waals surface area contributed by atoms with Crippen molar-refractivity contribution in [2.75, 3.05) is 5.32 Å². The van der Waals surface area contributed by atoms with Crippen molar-refractivity contribution >= 4 is 22.9 Å². The molecule has 0 aliphatic heterocycles. The minimum atomic E-state index is 0.795. The van der Waals surface area contributed by atoms with E-state index in [0.717, 1.165) is 29.6 Å². The van der Waals surface area contributed by atoms with Gasteiger partial charge in [0, 0.05) is 5.69 Å². The lowest BCUT2D eigenvalue weighted by atomic mass is 10.3. The molecule has 0 aliphatic carbocycles. The number of para-hydroxylation sites is 1. The van der Waals surface area contributed by atoms with E-state index in [1.54, 1.807) is 0 Å². The van der Waals surface area contributed by atoms with Crippen LogP contribution in [-0.4, -0.2) is 9.56 Å². The summed E-state index contributed by atoms with van der Waals surface area (Å²) in [6.07, 6.45) is 9.02. The first-order chi connectivity index (χ1) is 10.8. The van der Waals surface area contributed by atoms with Gasteiger partial charge in [0.25, 0.3) is 0 Å². The average molecular weight is 316 g/mol. The van der Waals surface area contributed by atoms with Gasteiger partial charge in [0.1, 0.15) is 12.4 Å². The van der Waals surface area contributed by atoms with Crippen LogP contribution in [0.15, 0.2) is 42.7 Å². The van der Waals surface area contributed by atoms with Crippen LogP contribution in [0.2, 0.25) is 0 Å². The summed E-state index contributed by atoms with van der Waals surface area (Å²) in [5, 5.41) is 3.37. The number of thiocarbonyl (C=S) groups is 1. The predicted octanol–water partition coefficient (Wildman–Crippen LogP) is 4.16. The highest BCUT2D eigenvalue weighted by atomic mass is 32.1. The number of hydrogen-bond donors (Lipinski definition) is 1. The molecule has 0 radical (unpaired) electrons. The number of unbranched alkanes of at least 4 members (excludes halogenated alkanes) is 2. The summed E-state index contributed by atoms with van der Waals surface area (Å²) in [6, 6.07) is 10.1. The van der Waals surface area contributed by atoms with Gasteiger partial charge >= 0.3 is 5.82 Å². The highest BCUT2D eigenvalue weighted by Crippen LogP contribution is 2.09. The van der Waals surface area contributed by atoms with Crippen LogP contribution < -0.4 is 9.88 Å². The van der Waals surface area contributed by atoms with E-state index in [2.05, 4.69) is 40.7 Å². The molecule has 0 saturated carbocycles. The maximum atomic E-state index is 5.68. The largest absolute Gasteiger partial charge is 0.340 e. The summed E-state index contributed by atoms with van der Waals surface area (Å²) in [4.78, 5) is 0.795. The fourth-order valence-corrected chi connectivity index (χ4v) is 2.81. The van der Waals surface area contributed by atoms with Gasteiger partial charge < -0.3 is 5.32 Å². The maximum absolute atomic E-state index is 5.68. The zero-order valence-electron chi connectivity index (χ0n) is 13.6. The fraction of sp³-hybridized carbons (Fsp3) is 0.444. The second-order valence-corrected chi connectivity index (χ2v) is 5.94. The van der Waals surface area contributed by atoms with E-state index in [0.29, 0.717) is 0 Å². The second kappa shape index (κ2) is 8.69. The molecule has 3 nitrogen and oxygen atoms in total. The Kier molecular flexibility index (Phi) is 6.59. The number of nitrogens with one attached hydrogen (secondary N) is 1. The quantitative estimate of drug-likeness (QED) is 0.583. The van der Waals surface area contributed by atoms with Crippen molar-refractivity contribution in [3.05, 3.63) is 48.5 Å². The summed E-state index contributed by atoms with van der Waals surface area (Å²) in [7, 11) is 0. The van der Waals surface area contributed by atoms with Crippen molar-refractivity contribution in [3.63, 3.8) is 0 Å². The third-order valence-corrected chi connectivity index (χ3v) is 4.00. The van der Waals surface area contributed by atoms with Crippen molar-refractivity contribution in [3.8, 4) is 0 Å². The van der Waals surface area contributed by atoms with Gasteiger partial charge in [-0.05, 0) is 25.0 Å². The van der Waals surface area contributed by atoms with Gasteiger partial charge in [-0.2, -0.15) is 0 Å². The zero-order valence-corrected chi connectivity index (χ0v) is 14.4. The molecule has 1 N–H and O–H groups in total. The highest BCUT2D eigenvalue weighted by molar-refractivity contribution is 7.81. The van der Waals surface area contributed by atoms with Gasteiger partial charge in [-0.1, -0.05) is 57.1 Å². The van der Waals surface area contributed by atoms with E-state index in [4.69, 9.17) is 12.2 Å². The van der Waals surface area contributed by atoms with E-state index in [1.165, 1.54) is 25.7 Å². The van der Waals surface area contributed by atoms with Crippen LogP contribution in [0.5, 0.6) is 0 Å². The molecule has 4 heteroatoms. The van der Waals surface area contributed by atoms with Gasteiger partial charge in [-0.15, -0.1) is 0 Å². The van der Waals surface area contributed by atoms with Crippen molar-refractivity contribution in [1.82, 2.24) is 4.57 Å².